The number of nitrogens with zero attached hydrogens (tertiary/aromatic N) is 3. The SMILES string of the molecule is O=C(CN1CCCN(Cc2ccc(C(F)(F)F)cc2)CC1)Nc1cccnc1Cl. The van der Waals surface area contributed by atoms with Crippen molar-refractivity contribution in [2.45, 2.75) is 19.1 Å². The summed E-state index contributed by atoms with van der Waals surface area (Å²) < 4.78 is 38.0. The molecule has 1 saturated heterocycles. The number of amides is 1. The molecule has 2 aromatic rings. The molecule has 0 unspecified atom stereocenters. The molecule has 1 aromatic heterocycles. The van der Waals surface area contributed by atoms with Crippen molar-refractivity contribution in [2.75, 3.05) is 38.0 Å². The van der Waals surface area contributed by atoms with Gasteiger partial charge >= 0.3 is 6.18 Å². The first kappa shape index (κ1) is 21.5. The summed E-state index contributed by atoms with van der Waals surface area (Å²) in [6.45, 7) is 3.88. The Morgan fingerprint density at radius 1 is 1.07 bits per heavy atom. The molecule has 0 bridgehead atoms. The quantitative estimate of drug-likeness (QED) is 0.737. The normalized spacial score (nSPS) is 16.4. The molecule has 29 heavy (non-hydrogen) atoms. The van der Waals surface area contributed by atoms with Crippen molar-refractivity contribution in [3.05, 3.63) is 58.9 Å². The van der Waals surface area contributed by atoms with E-state index in [1.807, 2.05) is 0 Å². The van der Waals surface area contributed by atoms with Gasteiger partial charge in [0.2, 0.25) is 5.91 Å². The van der Waals surface area contributed by atoms with E-state index >= 15 is 0 Å². The number of carbonyl (C=O) groups is 1. The second-order valence-electron chi connectivity index (χ2n) is 6.99. The van der Waals surface area contributed by atoms with E-state index in [1.165, 1.54) is 12.1 Å². The number of halogens is 4. The largest absolute Gasteiger partial charge is 0.416 e. The molecule has 3 rings (SSSR count). The van der Waals surface area contributed by atoms with E-state index < -0.39 is 11.7 Å². The summed E-state index contributed by atoms with van der Waals surface area (Å²) in [7, 11) is 0. The van der Waals surface area contributed by atoms with E-state index in [0.29, 0.717) is 18.8 Å². The number of benzene rings is 1. The first-order valence-electron chi connectivity index (χ1n) is 9.32. The number of anilines is 1. The van der Waals surface area contributed by atoms with Crippen molar-refractivity contribution < 1.29 is 18.0 Å². The number of hydrogen-bond donors (Lipinski definition) is 1. The Labute approximate surface area is 172 Å². The van der Waals surface area contributed by atoms with Crippen LogP contribution in [0.25, 0.3) is 0 Å². The second-order valence-corrected chi connectivity index (χ2v) is 7.35. The number of nitrogens with one attached hydrogen (secondary N) is 1. The van der Waals surface area contributed by atoms with Crippen molar-refractivity contribution in [1.82, 2.24) is 14.8 Å². The Morgan fingerprint density at radius 2 is 1.76 bits per heavy atom. The lowest BCUT2D eigenvalue weighted by atomic mass is 10.1. The van der Waals surface area contributed by atoms with Gasteiger partial charge < -0.3 is 5.32 Å². The Morgan fingerprint density at radius 3 is 2.45 bits per heavy atom. The smallest absolute Gasteiger partial charge is 0.322 e. The third-order valence-corrected chi connectivity index (χ3v) is 5.07. The minimum absolute atomic E-state index is 0.156. The van der Waals surface area contributed by atoms with Gasteiger partial charge in [-0.1, -0.05) is 23.7 Å². The second kappa shape index (κ2) is 9.56. The molecule has 1 N–H and O–H groups in total. The third-order valence-electron chi connectivity index (χ3n) is 4.77. The summed E-state index contributed by atoms with van der Waals surface area (Å²) in [4.78, 5) is 20.5. The molecule has 1 aliphatic heterocycles. The summed E-state index contributed by atoms with van der Waals surface area (Å²) in [5.41, 5.74) is 0.691. The highest BCUT2D eigenvalue weighted by Gasteiger charge is 2.30. The van der Waals surface area contributed by atoms with E-state index in [9.17, 15) is 18.0 Å². The monoisotopic (exact) mass is 426 g/mol. The van der Waals surface area contributed by atoms with Crippen LogP contribution in [0.1, 0.15) is 17.5 Å². The fourth-order valence-electron chi connectivity index (χ4n) is 3.27. The molecule has 0 spiro atoms. The molecular weight excluding hydrogens is 405 g/mol. The molecule has 9 heteroatoms. The van der Waals surface area contributed by atoms with Gasteiger partial charge in [-0.3, -0.25) is 14.6 Å². The first-order chi connectivity index (χ1) is 13.8. The lowest BCUT2D eigenvalue weighted by Crippen LogP contribution is -2.36. The van der Waals surface area contributed by atoms with Gasteiger partial charge in [0.15, 0.2) is 5.15 Å². The van der Waals surface area contributed by atoms with Gasteiger partial charge in [-0.15, -0.1) is 0 Å². The van der Waals surface area contributed by atoms with Gasteiger partial charge in [0.05, 0.1) is 17.8 Å². The van der Waals surface area contributed by atoms with Crippen molar-refractivity contribution in [2.24, 2.45) is 0 Å². The molecule has 2 heterocycles. The maximum Gasteiger partial charge on any atom is 0.416 e. The summed E-state index contributed by atoms with van der Waals surface area (Å²) in [6, 6.07) is 8.68. The number of aromatic nitrogens is 1. The Kier molecular flexibility index (Phi) is 7.10. The highest BCUT2D eigenvalue weighted by Crippen LogP contribution is 2.29. The zero-order chi connectivity index (χ0) is 20.9. The van der Waals surface area contributed by atoms with E-state index in [4.69, 9.17) is 11.6 Å². The van der Waals surface area contributed by atoms with Crippen molar-refractivity contribution in [1.29, 1.82) is 0 Å². The van der Waals surface area contributed by atoms with Gasteiger partial charge in [0.25, 0.3) is 0 Å². The van der Waals surface area contributed by atoms with Crippen LogP contribution in [0.4, 0.5) is 18.9 Å². The van der Waals surface area contributed by atoms with Crippen molar-refractivity contribution in [3.8, 4) is 0 Å². The van der Waals surface area contributed by atoms with Gasteiger partial charge in [-0.25, -0.2) is 4.98 Å². The summed E-state index contributed by atoms with van der Waals surface area (Å²) in [6.07, 6.45) is -1.89. The average molecular weight is 427 g/mol. The molecule has 0 aliphatic carbocycles. The number of carbonyl (C=O) groups excluding carboxylic acids is 1. The molecule has 0 atom stereocenters. The van der Waals surface area contributed by atoms with E-state index in [1.54, 1.807) is 18.3 Å². The van der Waals surface area contributed by atoms with Crippen LogP contribution in [0.3, 0.4) is 0 Å². The minimum Gasteiger partial charge on any atom is -0.322 e. The zero-order valence-corrected chi connectivity index (χ0v) is 16.5. The van der Waals surface area contributed by atoms with Crippen molar-refractivity contribution >= 4 is 23.2 Å². The highest BCUT2D eigenvalue weighted by atomic mass is 35.5. The van der Waals surface area contributed by atoms with Crippen LogP contribution < -0.4 is 5.32 Å². The molecule has 1 aliphatic rings. The Bertz CT molecular complexity index is 829. The van der Waals surface area contributed by atoms with Crippen LogP contribution in [-0.4, -0.2) is 53.4 Å². The standard InChI is InChI=1S/C20H22ClF3N4O/c21-19-17(3-1-8-25-19)26-18(29)14-28-10-2-9-27(11-12-28)13-15-4-6-16(7-5-15)20(22,23)24/h1,3-8H,2,9-14H2,(H,26,29). The summed E-state index contributed by atoms with van der Waals surface area (Å²) in [5.74, 6) is -0.156. The summed E-state index contributed by atoms with van der Waals surface area (Å²) in [5, 5.41) is 3.02. The minimum atomic E-state index is -4.32. The van der Waals surface area contributed by atoms with Crippen LogP contribution in [0.15, 0.2) is 42.6 Å². The molecule has 5 nitrogen and oxygen atoms in total. The lowest BCUT2D eigenvalue weighted by Gasteiger charge is -2.21. The fourth-order valence-corrected chi connectivity index (χ4v) is 3.44. The Hall–Kier alpha value is -2.16. The van der Waals surface area contributed by atoms with Crippen LogP contribution in [0.2, 0.25) is 5.15 Å². The van der Waals surface area contributed by atoms with Crippen molar-refractivity contribution in [3.63, 3.8) is 0 Å². The molecule has 1 aromatic carbocycles. The van der Waals surface area contributed by atoms with Gasteiger partial charge in [0, 0.05) is 25.8 Å². The topological polar surface area (TPSA) is 48.5 Å². The number of rotatable bonds is 5. The third kappa shape index (κ3) is 6.42. The number of hydrogen-bond acceptors (Lipinski definition) is 4. The zero-order valence-electron chi connectivity index (χ0n) is 15.8. The molecule has 0 saturated carbocycles. The highest BCUT2D eigenvalue weighted by molar-refractivity contribution is 6.32. The van der Waals surface area contributed by atoms with Gasteiger partial charge in [-0.2, -0.15) is 13.2 Å². The molecular formula is C20H22ClF3N4O. The van der Waals surface area contributed by atoms with E-state index in [2.05, 4.69) is 20.1 Å². The predicted octanol–water partition coefficient (Wildman–Crippen LogP) is 3.90. The van der Waals surface area contributed by atoms with Gasteiger partial charge in [-0.05, 0) is 49.3 Å². The van der Waals surface area contributed by atoms with E-state index in [-0.39, 0.29) is 17.6 Å². The lowest BCUT2D eigenvalue weighted by molar-refractivity contribution is -0.137. The fraction of sp³-hybridized carbons (Fsp3) is 0.400. The maximum absolute atomic E-state index is 12.7. The molecule has 1 amide bonds. The Balaban J connectivity index is 1.48. The number of pyridine rings is 1. The summed E-state index contributed by atoms with van der Waals surface area (Å²) >= 11 is 5.96. The molecule has 0 radical (unpaired) electrons. The number of alkyl halides is 3. The average Bonchev–Trinajstić information content (AvgIpc) is 2.88. The van der Waals surface area contributed by atoms with E-state index in [0.717, 1.165) is 43.8 Å². The first-order valence-corrected chi connectivity index (χ1v) is 9.70. The van der Waals surface area contributed by atoms with Crippen LogP contribution in [-0.2, 0) is 17.5 Å². The van der Waals surface area contributed by atoms with Crippen LogP contribution >= 0.6 is 11.6 Å². The van der Waals surface area contributed by atoms with Gasteiger partial charge in [0.1, 0.15) is 0 Å². The predicted molar refractivity (Wildman–Crippen MR) is 106 cm³/mol. The molecule has 1 fully saturated rings. The van der Waals surface area contributed by atoms with Crippen LogP contribution in [0, 0.1) is 0 Å². The van der Waals surface area contributed by atoms with Crippen LogP contribution in [0.5, 0.6) is 0 Å². The molecule has 156 valence electrons. The maximum atomic E-state index is 12.7.